The van der Waals surface area contributed by atoms with Crippen LogP contribution in [-0.4, -0.2) is 71.2 Å². The molecular formula is C36H41N5O3. The maximum absolute atomic E-state index is 13.3. The van der Waals surface area contributed by atoms with Crippen LogP contribution in [0.5, 0.6) is 5.75 Å². The lowest BCUT2D eigenvalue weighted by Gasteiger charge is -2.32. The van der Waals surface area contributed by atoms with Gasteiger partial charge in [0.25, 0.3) is 5.91 Å². The van der Waals surface area contributed by atoms with Crippen LogP contribution < -0.4 is 11.1 Å². The van der Waals surface area contributed by atoms with Crippen molar-refractivity contribution in [3.63, 3.8) is 0 Å². The van der Waals surface area contributed by atoms with E-state index in [1.165, 1.54) is 16.7 Å². The van der Waals surface area contributed by atoms with Crippen molar-refractivity contribution in [2.75, 3.05) is 39.0 Å². The molecule has 0 spiro atoms. The SMILES string of the molecule is CN1CCN(Cc2ccc(-c3ccc(CO[C@H]4CCC[C@@H]4NC(=O)c4cc(-c5ccc(O)cc5)cnc4N)cc3)cc2)CC1. The normalized spacial score (nSPS) is 19.2. The summed E-state index contributed by atoms with van der Waals surface area (Å²) in [7, 11) is 2.19. The third-order valence-electron chi connectivity index (χ3n) is 8.84. The van der Waals surface area contributed by atoms with Crippen LogP contribution in [-0.2, 0) is 17.9 Å². The molecule has 8 heteroatoms. The van der Waals surface area contributed by atoms with Gasteiger partial charge in [-0.1, -0.05) is 60.7 Å². The van der Waals surface area contributed by atoms with Gasteiger partial charge in [-0.15, -0.1) is 0 Å². The van der Waals surface area contributed by atoms with Gasteiger partial charge in [-0.25, -0.2) is 4.98 Å². The molecule has 4 aromatic rings. The number of phenolic OH excluding ortho intramolecular Hbond substituents is 1. The zero-order chi connectivity index (χ0) is 30.5. The van der Waals surface area contributed by atoms with E-state index in [4.69, 9.17) is 10.5 Å². The summed E-state index contributed by atoms with van der Waals surface area (Å²) in [5.41, 5.74) is 12.9. The quantitative estimate of drug-likeness (QED) is 0.242. The standard InChI is InChI=1S/C36H41N5O3/c1-40-17-19-41(20-18-40)23-25-5-9-27(10-6-25)28-11-7-26(8-12-28)24-44-34-4-2-3-33(34)39-36(43)32-21-30(22-38-35(32)37)29-13-15-31(42)16-14-29/h5-16,21-22,33-34,42H,2-4,17-20,23-24H2,1H3,(H2,37,38)(H,39,43)/t33-,34-/m0/s1. The molecule has 1 aliphatic heterocycles. The molecule has 1 aromatic heterocycles. The minimum Gasteiger partial charge on any atom is -0.508 e. The minimum absolute atomic E-state index is 0.0686. The number of aromatic nitrogens is 1. The number of phenols is 1. The Morgan fingerprint density at radius 1 is 0.886 bits per heavy atom. The molecule has 2 aliphatic rings. The van der Waals surface area contributed by atoms with E-state index in [-0.39, 0.29) is 29.6 Å². The first-order valence-electron chi connectivity index (χ1n) is 15.5. The monoisotopic (exact) mass is 591 g/mol. The first-order valence-corrected chi connectivity index (χ1v) is 15.5. The second-order valence-corrected chi connectivity index (χ2v) is 12.0. The fourth-order valence-electron chi connectivity index (χ4n) is 6.07. The Morgan fingerprint density at radius 3 is 2.18 bits per heavy atom. The number of amides is 1. The summed E-state index contributed by atoms with van der Waals surface area (Å²) in [6, 6.07) is 25.9. The third-order valence-corrected chi connectivity index (χ3v) is 8.84. The highest BCUT2D eigenvalue weighted by Crippen LogP contribution is 2.27. The lowest BCUT2D eigenvalue weighted by atomic mass is 10.0. The van der Waals surface area contributed by atoms with Crippen molar-refractivity contribution < 1.29 is 14.6 Å². The molecule has 2 fully saturated rings. The zero-order valence-corrected chi connectivity index (χ0v) is 25.3. The van der Waals surface area contributed by atoms with E-state index in [1.807, 2.05) is 0 Å². The van der Waals surface area contributed by atoms with Crippen molar-refractivity contribution in [3.8, 4) is 28.0 Å². The maximum atomic E-state index is 13.3. The second-order valence-electron chi connectivity index (χ2n) is 12.0. The highest BCUT2D eigenvalue weighted by molar-refractivity contribution is 5.99. The van der Waals surface area contributed by atoms with Crippen LogP contribution in [0.15, 0.2) is 85.1 Å². The highest BCUT2D eigenvalue weighted by atomic mass is 16.5. The van der Waals surface area contributed by atoms with Gasteiger partial charge in [0.05, 0.1) is 24.3 Å². The Balaban J connectivity index is 1.02. The van der Waals surface area contributed by atoms with Gasteiger partial charge in [0.15, 0.2) is 0 Å². The Kier molecular flexibility index (Phi) is 9.21. The van der Waals surface area contributed by atoms with Crippen LogP contribution in [0.4, 0.5) is 5.82 Å². The molecule has 3 aromatic carbocycles. The summed E-state index contributed by atoms with van der Waals surface area (Å²) in [5, 5.41) is 12.7. The number of piperazine rings is 1. The number of ether oxygens (including phenoxy) is 1. The number of hydrogen-bond donors (Lipinski definition) is 3. The van der Waals surface area contributed by atoms with Crippen molar-refractivity contribution in [3.05, 3.63) is 102 Å². The molecule has 2 heterocycles. The number of benzene rings is 3. The number of nitrogens with one attached hydrogen (secondary N) is 1. The van der Waals surface area contributed by atoms with Gasteiger partial charge in [-0.3, -0.25) is 9.69 Å². The molecule has 8 nitrogen and oxygen atoms in total. The van der Waals surface area contributed by atoms with Crippen LogP contribution in [0.3, 0.4) is 0 Å². The molecule has 228 valence electrons. The smallest absolute Gasteiger partial charge is 0.255 e. The van der Waals surface area contributed by atoms with E-state index < -0.39 is 0 Å². The lowest BCUT2D eigenvalue weighted by molar-refractivity contribution is 0.0272. The molecule has 0 unspecified atom stereocenters. The predicted molar refractivity (Wildman–Crippen MR) is 174 cm³/mol. The molecule has 6 rings (SSSR count). The van der Waals surface area contributed by atoms with Gasteiger partial charge in [0.2, 0.25) is 0 Å². The maximum Gasteiger partial charge on any atom is 0.255 e. The average molecular weight is 592 g/mol. The number of anilines is 1. The molecule has 2 atom stereocenters. The van der Waals surface area contributed by atoms with E-state index in [0.717, 1.165) is 68.7 Å². The summed E-state index contributed by atoms with van der Waals surface area (Å²) in [4.78, 5) is 22.4. The number of pyridine rings is 1. The summed E-state index contributed by atoms with van der Waals surface area (Å²) in [5.74, 6) is 0.112. The number of nitrogens with zero attached hydrogens (tertiary/aromatic N) is 3. The number of nitrogen functional groups attached to an aromatic ring is 1. The first-order chi connectivity index (χ1) is 21.4. The van der Waals surface area contributed by atoms with Gasteiger partial charge in [0, 0.05) is 44.5 Å². The Labute approximate surface area is 259 Å². The Morgan fingerprint density at radius 2 is 1.50 bits per heavy atom. The largest absolute Gasteiger partial charge is 0.508 e. The molecule has 0 bridgehead atoms. The van der Waals surface area contributed by atoms with Crippen molar-refractivity contribution >= 4 is 11.7 Å². The average Bonchev–Trinajstić information content (AvgIpc) is 3.49. The number of aromatic hydroxyl groups is 1. The molecule has 1 aliphatic carbocycles. The summed E-state index contributed by atoms with van der Waals surface area (Å²) in [6.07, 6.45) is 4.30. The number of likely N-dealkylation sites (N-methyl/N-ethyl adjacent to an activating group) is 1. The summed E-state index contributed by atoms with van der Waals surface area (Å²) in [6.45, 7) is 6.00. The zero-order valence-electron chi connectivity index (χ0n) is 25.3. The van der Waals surface area contributed by atoms with Gasteiger partial charge in [-0.05, 0) is 72.3 Å². The van der Waals surface area contributed by atoms with Crippen LogP contribution >= 0.6 is 0 Å². The van der Waals surface area contributed by atoms with E-state index >= 15 is 0 Å². The Bertz CT molecular complexity index is 1550. The molecule has 0 radical (unpaired) electrons. The van der Waals surface area contributed by atoms with E-state index in [0.29, 0.717) is 12.2 Å². The summed E-state index contributed by atoms with van der Waals surface area (Å²) < 4.78 is 6.32. The molecule has 1 saturated heterocycles. The minimum atomic E-state index is -0.255. The van der Waals surface area contributed by atoms with Crippen LogP contribution in [0, 0.1) is 0 Å². The summed E-state index contributed by atoms with van der Waals surface area (Å²) >= 11 is 0. The van der Waals surface area contributed by atoms with Gasteiger partial charge >= 0.3 is 0 Å². The van der Waals surface area contributed by atoms with Crippen molar-refractivity contribution in [1.29, 1.82) is 0 Å². The van der Waals surface area contributed by atoms with Gasteiger partial charge in [-0.2, -0.15) is 0 Å². The number of carbonyl (C=O) groups excluding carboxylic acids is 1. The Hall–Kier alpha value is -4.24. The first kappa shape index (κ1) is 29.8. The number of carbonyl (C=O) groups is 1. The van der Waals surface area contributed by atoms with Crippen molar-refractivity contribution in [2.45, 2.75) is 44.6 Å². The second kappa shape index (κ2) is 13.6. The molecule has 1 amide bonds. The van der Waals surface area contributed by atoms with Crippen molar-refractivity contribution in [1.82, 2.24) is 20.1 Å². The topological polar surface area (TPSA) is 104 Å². The van der Waals surface area contributed by atoms with E-state index in [1.54, 1.807) is 36.5 Å². The third kappa shape index (κ3) is 7.27. The lowest BCUT2D eigenvalue weighted by Crippen LogP contribution is -2.43. The van der Waals surface area contributed by atoms with Gasteiger partial charge < -0.3 is 25.8 Å². The fraction of sp³-hybridized carbons (Fsp3) is 0.333. The predicted octanol–water partition coefficient (Wildman–Crippen LogP) is 5.32. The van der Waals surface area contributed by atoms with Crippen molar-refractivity contribution in [2.24, 2.45) is 0 Å². The van der Waals surface area contributed by atoms with Gasteiger partial charge in [0.1, 0.15) is 11.6 Å². The van der Waals surface area contributed by atoms with Crippen LogP contribution in [0.25, 0.3) is 22.3 Å². The number of nitrogens with two attached hydrogens (primary N) is 1. The van der Waals surface area contributed by atoms with E-state index in [9.17, 15) is 9.90 Å². The van der Waals surface area contributed by atoms with E-state index in [2.05, 4.69) is 75.7 Å². The van der Waals surface area contributed by atoms with Crippen LogP contribution in [0.1, 0.15) is 40.7 Å². The molecular weight excluding hydrogens is 550 g/mol. The number of hydrogen-bond acceptors (Lipinski definition) is 7. The molecule has 44 heavy (non-hydrogen) atoms. The fourth-order valence-corrected chi connectivity index (χ4v) is 6.07. The molecule has 4 N–H and O–H groups in total. The molecule has 1 saturated carbocycles. The number of rotatable bonds is 9. The highest BCUT2D eigenvalue weighted by Gasteiger charge is 2.30. The van der Waals surface area contributed by atoms with Crippen LogP contribution in [0.2, 0.25) is 0 Å².